The molecule has 0 spiro atoms. The minimum Gasteiger partial charge on any atom is -0.326 e. The van der Waals surface area contributed by atoms with Crippen molar-refractivity contribution >= 4 is 38.3 Å². The highest BCUT2D eigenvalue weighted by Crippen LogP contribution is 2.32. The summed E-state index contributed by atoms with van der Waals surface area (Å²) in [5.74, 6) is -0.491. The third kappa shape index (κ3) is 1.57. The van der Waals surface area contributed by atoms with Gasteiger partial charge in [-0.25, -0.2) is 4.39 Å². The van der Waals surface area contributed by atoms with Gasteiger partial charge in [-0.3, -0.25) is 4.79 Å². The number of aromatic nitrogens is 1. The molecule has 1 aromatic heterocycles. The van der Waals surface area contributed by atoms with E-state index in [9.17, 15) is 9.18 Å². The molecule has 2 aromatic rings. The maximum absolute atomic E-state index is 14.0. The molecule has 1 N–H and O–H groups in total. The fourth-order valence-corrected chi connectivity index (χ4v) is 2.16. The molecule has 0 bridgehead atoms. The van der Waals surface area contributed by atoms with Crippen molar-refractivity contribution in [2.24, 2.45) is 0 Å². The van der Waals surface area contributed by atoms with Gasteiger partial charge in [-0.05, 0) is 41.4 Å². The summed E-state index contributed by atoms with van der Waals surface area (Å²) in [5, 5.41) is 0.782. The van der Waals surface area contributed by atoms with Crippen molar-refractivity contribution < 1.29 is 4.39 Å². The van der Waals surface area contributed by atoms with Crippen molar-refractivity contribution in [2.75, 3.05) is 0 Å². The third-order valence-corrected chi connectivity index (χ3v) is 3.95. The van der Waals surface area contributed by atoms with Gasteiger partial charge in [-0.1, -0.05) is 11.6 Å². The molecule has 16 heavy (non-hydrogen) atoms. The summed E-state index contributed by atoms with van der Waals surface area (Å²) in [4.78, 5) is 14.3. The molecule has 0 aliphatic carbocycles. The summed E-state index contributed by atoms with van der Waals surface area (Å²) in [6, 6.07) is 1.47. The fraction of sp³-hybridized carbons (Fsp3) is 0.182. The molecule has 1 heterocycles. The number of fused-ring (bicyclic) bond motifs is 1. The zero-order chi connectivity index (χ0) is 12.0. The molecule has 0 amide bonds. The quantitative estimate of drug-likeness (QED) is 0.740. The van der Waals surface area contributed by atoms with E-state index in [4.69, 9.17) is 11.6 Å². The van der Waals surface area contributed by atoms with Crippen LogP contribution >= 0.6 is 27.5 Å². The van der Waals surface area contributed by atoms with Gasteiger partial charge >= 0.3 is 0 Å². The topological polar surface area (TPSA) is 32.9 Å². The Bertz CT molecular complexity index is 651. The molecule has 0 saturated carbocycles. The highest BCUT2D eigenvalue weighted by molar-refractivity contribution is 9.10. The molecule has 0 atom stereocenters. The highest BCUT2D eigenvalue weighted by Gasteiger charge is 2.15. The van der Waals surface area contributed by atoms with Gasteiger partial charge in [0.25, 0.3) is 5.56 Å². The lowest BCUT2D eigenvalue weighted by molar-refractivity contribution is 0.632. The van der Waals surface area contributed by atoms with E-state index in [1.807, 2.05) is 0 Å². The Morgan fingerprint density at radius 2 is 2.06 bits per heavy atom. The summed E-state index contributed by atoms with van der Waals surface area (Å²) >= 11 is 8.88. The number of rotatable bonds is 0. The van der Waals surface area contributed by atoms with Crippen molar-refractivity contribution in [3.8, 4) is 0 Å². The van der Waals surface area contributed by atoms with E-state index < -0.39 is 5.82 Å². The van der Waals surface area contributed by atoms with Gasteiger partial charge in [0.05, 0.1) is 14.9 Å². The van der Waals surface area contributed by atoms with Gasteiger partial charge in [-0.2, -0.15) is 0 Å². The van der Waals surface area contributed by atoms with E-state index in [-0.39, 0.29) is 20.4 Å². The zero-order valence-electron chi connectivity index (χ0n) is 8.62. The maximum Gasteiger partial charge on any atom is 0.256 e. The standard InChI is InChI=1S/C11H8BrClFNO/c1-4-5(2)15-11(16)6-3-7(13)9(12)10(14)8(4)6/h3H,1-2H3,(H,15,16). The SMILES string of the molecule is Cc1[nH]c(=O)c2cc(Cl)c(Br)c(F)c2c1C. The Morgan fingerprint density at radius 3 is 2.69 bits per heavy atom. The molecule has 0 fully saturated rings. The number of halogens is 3. The lowest BCUT2D eigenvalue weighted by Gasteiger charge is -2.08. The van der Waals surface area contributed by atoms with Crippen LogP contribution in [-0.4, -0.2) is 4.98 Å². The van der Waals surface area contributed by atoms with Crippen LogP contribution in [0.15, 0.2) is 15.3 Å². The first-order valence-electron chi connectivity index (χ1n) is 4.60. The van der Waals surface area contributed by atoms with E-state index >= 15 is 0 Å². The average Bonchev–Trinajstić information content (AvgIpc) is 2.22. The smallest absolute Gasteiger partial charge is 0.256 e. The second-order valence-corrected chi connectivity index (χ2v) is 4.81. The van der Waals surface area contributed by atoms with E-state index in [1.165, 1.54) is 6.07 Å². The molecule has 0 unspecified atom stereocenters. The van der Waals surface area contributed by atoms with Crippen molar-refractivity contribution in [1.82, 2.24) is 4.98 Å². The molecule has 0 aliphatic rings. The maximum atomic E-state index is 14.0. The van der Waals surface area contributed by atoms with Crippen LogP contribution in [0.2, 0.25) is 5.02 Å². The Morgan fingerprint density at radius 1 is 1.44 bits per heavy atom. The number of aromatic amines is 1. The Kier molecular flexibility index (Phi) is 2.80. The van der Waals surface area contributed by atoms with Gasteiger partial charge in [0.15, 0.2) is 0 Å². The molecule has 1 aromatic carbocycles. The minimum absolute atomic E-state index is 0.190. The molecule has 0 aliphatic heterocycles. The van der Waals surface area contributed by atoms with Gasteiger partial charge in [0.1, 0.15) is 5.82 Å². The highest BCUT2D eigenvalue weighted by atomic mass is 79.9. The molecule has 0 radical (unpaired) electrons. The number of hydrogen-bond donors (Lipinski definition) is 1. The molecular formula is C11H8BrClFNO. The zero-order valence-corrected chi connectivity index (χ0v) is 11.0. The van der Waals surface area contributed by atoms with Crippen molar-refractivity contribution in [2.45, 2.75) is 13.8 Å². The van der Waals surface area contributed by atoms with Crippen LogP contribution in [-0.2, 0) is 0 Å². The van der Waals surface area contributed by atoms with Crippen LogP contribution in [0.4, 0.5) is 4.39 Å². The molecule has 5 heteroatoms. The molecule has 2 rings (SSSR count). The van der Waals surface area contributed by atoms with Crippen LogP contribution in [0.3, 0.4) is 0 Å². The predicted octanol–water partition coefficient (Wildman–Crippen LogP) is 3.70. The number of aryl methyl sites for hydroxylation is 2. The van der Waals surface area contributed by atoms with Crippen LogP contribution in [0.1, 0.15) is 11.3 Å². The Balaban J connectivity index is 3.14. The molecule has 0 saturated heterocycles. The Hall–Kier alpha value is -0.870. The molecule has 2 nitrogen and oxygen atoms in total. The normalized spacial score (nSPS) is 11.1. The summed E-state index contributed by atoms with van der Waals surface area (Å²) in [5.41, 5.74) is 1.04. The molecular weight excluding hydrogens is 296 g/mol. The summed E-state index contributed by atoms with van der Waals surface area (Å²) in [6.07, 6.45) is 0. The number of H-pyrrole nitrogens is 1. The lowest BCUT2D eigenvalue weighted by Crippen LogP contribution is -2.10. The largest absolute Gasteiger partial charge is 0.326 e. The summed E-state index contributed by atoms with van der Waals surface area (Å²) < 4.78 is 14.2. The average molecular weight is 305 g/mol. The number of hydrogen-bond acceptors (Lipinski definition) is 1. The van der Waals surface area contributed by atoms with Gasteiger partial charge in [0, 0.05) is 11.1 Å². The second kappa shape index (κ2) is 3.86. The van der Waals surface area contributed by atoms with Crippen molar-refractivity contribution in [3.05, 3.63) is 43.0 Å². The lowest BCUT2D eigenvalue weighted by atomic mass is 10.1. The van der Waals surface area contributed by atoms with E-state index in [0.29, 0.717) is 16.6 Å². The number of pyridine rings is 1. The monoisotopic (exact) mass is 303 g/mol. The molecule has 84 valence electrons. The summed E-state index contributed by atoms with van der Waals surface area (Å²) in [7, 11) is 0. The number of benzene rings is 1. The van der Waals surface area contributed by atoms with E-state index in [1.54, 1.807) is 13.8 Å². The summed E-state index contributed by atoms with van der Waals surface area (Å²) in [6.45, 7) is 3.50. The Labute approximate surface area is 105 Å². The van der Waals surface area contributed by atoms with Gasteiger partial charge in [-0.15, -0.1) is 0 Å². The van der Waals surface area contributed by atoms with E-state index in [0.717, 1.165) is 0 Å². The van der Waals surface area contributed by atoms with Crippen LogP contribution < -0.4 is 5.56 Å². The van der Waals surface area contributed by atoms with Gasteiger partial charge in [0.2, 0.25) is 0 Å². The fourth-order valence-electron chi connectivity index (χ4n) is 1.66. The van der Waals surface area contributed by atoms with E-state index in [2.05, 4.69) is 20.9 Å². The van der Waals surface area contributed by atoms with Crippen LogP contribution in [0, 0.1) is 19.7 Å². The van der Waals surface area contributed by atoms with Gasteiger partial charge < -0.3 is 4.98 Å². The first-order valence-corrected chi connectivity index (χ1v) is 5.77. The predicted molar refractivity (Wildman–Crippen MR) is 66.7 cm³/mol. The van der Waals surface area contributed by atoms with Crippen LogP contribution in [0.5, 0.6) is 0 Å². The first-order chi connectivity index (χ1) is 7.43. The van der Waals surface area contributed by atoms with Crippen molar-refractivity contribution in [3.63, 3.8) is 0 Å². The third-order valence-electron chi connectivity index (χ3n) is 2.65. The second-order valence-electron chi connectivity index (χ2n) is 3.61. The van der Waals surface area contributed by atoms with Crippen molar-refractivity contribution in [1.29, 1.82) is 0 Å². The first kappa shape index (κ1) is 11.6. The number of nitrogens with one attached hydrogen (secondary N) is 1. The minimum atomic E-state index is -0.491. The van der Waals surface area contributed by atoms with Crippen LogP contribution in [0.25, 0.3) is 10.8 Å².